The van der Waals surface area contributed by atoms with Gasteiger partial charge >= 0.3 is 0 Å². The van der Waals surface area contributed by atoms with Crippen LogP contribution in [0.25, 0.3) is 55.6 Å². The Morgan fingerprint density at radius 2 is 1.08 bits per heavy atom. The van der Waals surface area contributed by atoms with E-state index in [9.17, 15) is 0 Å². The molecule has 0 spiro atoms. The quantitative estimate of drug-likeness (QED) is 0.160. The summed E-state index contributed by atoms with van der Waals surface area (Å²) >= 11 is 0. The SMILES string of the molecule is CC(C)(C)C1=CN(c2cc(C(C)(C)C)cc(C(C)(C)C)c2)CN1c1cc(Oc2ccc3c4ccccc4n(-c4nc5ccccc5n4-c4ccccc4)c3c2)cc(-c2ccccc2)c1. The lowest BCUT2D eigenvalue weighted by atomic mass is 9.80. The van der Waals surface area contributed by atoms with Gasteiger partial charge in [-0.1, -0.05) is 147 Å². The number of benzene rings is 7. The molecule has 0 N–H and O–H groups in total. The minimum absolute atomic E-state index is 0.0104. The number of rotatable bonds is 7. The van der Waals surface area contributed by atoms with Crippen molar-refractivity contribution < 1.29 is 4.74 Å². The van der Waals surface area contributed by atoms with E-state index in [-0.39, 0.29) is 16.2 Å². The van der Waals surface area contributed by atoms with Crippen LogP contribution in [-0.4, -0.2) is 20.8 Å². The smallest absolute Gasteiger partial charge is 0.220 e. The highest BCUT2D eigenvalue weighted by molar-refractivity contribution is 6.09. The molecule has 10 rings (SSSR count). The van der Waals surface area contributed by atoms with Crippen molar-refractivity contribution in [2.24, 2.45) is 5.41 Å². The van der Waals surface area contributed by atoms with Gasteiger partial charge in [-0.2, -0.15) is 0 Å². The average Bonchev–Trinajstić information content (AvgIpc) is 3.99. The van der Waals surface area contributed by atoms with Gasteiger partial charge < -0.3 is 14.5 Å². The molecule has 1 aliphatic rings. The Morgan fingerprint density at radius 1 is 0.453 bits per heavy atom. The lowest BCUT2D eigenvalue weighted by molar-refractivity contribution is 0.481. The zero-order valence-corrected chi connectivity index (χ0v) is 38.5. The first-order valence-electron chi connectivity index (χ1n) is 22.5. The van der Waals surface area contributed by atoms with Crippen molar-refractivity contribution in [1.29, 1.82) is 0 Å². The Balaban J connectivity index is 1.10. The molecule has 6 nitrogen and oxygen atoms in total. The molecule has 1 aliphatic heterocycles. The lowest BCUT2D eigenvalue weighted by Crippen LogP contribution is -2.31. The molecule has 0 saturated carbocycles. The van der Waals surface area contributed by atoms with E-state index in [0.29, 0.717) is 6.67 Å². The molecule has 2 aromatic heterocycles. The number of hydrogen-bond donors (Lipinski definition) is 0. The molecule has 0 amide bonds. The van der Waals surface area contributed by atoms with Crippen molar-refractivity contribution in [2.75, 3.05) is 16.5 Å². The molecule has 0 aliphatic carbocycles. The van der Waals surface area contributed by atoms with Gasteiger partial charge in [-0.25, -0.2) is 4.98 Å². The van der Waals surface area contributed by atoms with Crippen LogP contribution < -0.4 is 14.5 Å². The molecule has 0 unspecified atom stereocenters. The molecule has 0 bridgehead atoms. The summed E-state index contributed by atoms with van der Waals surface area (Å²) in [5, 5.41) is 2.29. The Morgan fingerprint density at radius 3 is 1.77 bits per heavy atom. The van der Waals surface area contributed by atoms with E-state index < -0.39 is 0 Å². The van der Waals surface area contributed by atoms with Crippen molar-refractivity contribution in [1.82, 2.24) is 14.1 Å². The van der Waals surface area contributed by atoms with E-state index in [1.165, 1.54) is 22.5 Å². The fraction of sp³-hybridized carbons (Fsp3) is 0.224. The lowest BCUT2D eigenvalue weighted by Gasteiger charge is -2.32. The van der Waals surface area contributed by atoms with Crippen molar-refractivity contribution in [3.8, 4) is 34.3 Å². The summed E-state index contributed by atoms with van der Waals surface area (Å²) in [7, 11) is 0. The Labute approximate surface area is 377 Å². The van der Waals surface area contributed by atoms with E-state index >= 15 is 0 Å². The van der Waals surface area contributed by atoms with Crippen LogP contribution in [0.5, 0.6) is 11.5 Å². The predicted octanol–water partition coefficient (Wildman–Crippen LogP) is 15.3. The van der Waals surface area contributed by atoms with Gasteiger partial charge in [-0.05, 0) is 99.8 Å². The maximum absolute atomic E-state index is 7.05. The second-order valence-electron chi connectivity index (χ2n) is 20.4. The van der Waals surface area contributed by atoms with Gasteiger partial charge in [0.05, 0.1) is 28.7 Å². The average molecular weight is 840 g/mol. The minimum Gasteiger partial charge on any atom is -0.457 e. The van der Waals surface area contributed by atoms with E-state index in [2.05, 4.69) is 251 Å². The van der Waals surface area contributed by atoms with Crippen LogP contribution in [0.2, 0.25) is 0 Å². The molecule has 0 atom stereocenters. The van der Waals surface area contributed by atoms with E-state index in [1.54, 1.807) is 0 Å². The van der Waals surface area contributed by atoms with Crippen LogP contribution in [0.3, 0.4) is 0 Å². The number of anilines is 2. The number of hydrogen-bond acceptors (Lipinski definition) is 4. The molecule has 320 valence electrons. The van der Waals surface area contributed by atoms with Crippen molar-refractivity contribution in [2.45, 2.75) is 73.1 Å². The molecule has 9 aromatic rings. The van der Waals surface area contributed by atoms with Gasteiger partial charge in [-0.3, -0.25) is 9.13 Å². The first-order chi connectivity index (χ1) is 30.6. The largest absolute Gasteiger partial charge is 0.457 e. The second kappa shape index (κ2) is 15.3. The maximum atomic E-state index is 7.05. The first-order valence-corrected chi connectivity index (χ1v) is 22.5. The summed E-state index contributed by atoms with van der Waals surface area (Å²) in [5.41, 5.74) is 13.5. The summed E-state index contributed by atoms with van der Waals surface area (Å²) in [4.78, 5) is 10.2. The summed E-state index contributed by atoms with van der Waals surface area (Å²) in [6.07, 6.45) is 2.36. The molecule has 0 radical (unpaired) electrons. The summed E-state index contributed by atoms with van der Waals surface area (Å²) in [5.74, 6) is 2.34. The van der Waals surface area contributed by atoms with Crippen molar-refractivity contribution >= 4 is 44.2 Å². The highest BCUT2D eigenvalue weighted by Crippen LogP contribution is 2.44. The third-order valence-electron chi connectivity index (χ3n) is 12.6. The summed E-state index contributed by atoms with van der Waals surface area (Å²) in [6, 6.07) is 58.4. The topological polar surface area (TPSA) is 38.5 Å². The highest BCUT2D eigenvalue weighted by atomic mass is 16.5. The van der Waals surface area contributed by atoms with Gasteiger partial charge in [0, 0.05) is 57.3 Å². The molecule has 3 heterocycles. The molecular formula is C58H57N5O. The fourth-order valence-corrected chi connectivity index (χ4v) is 9.06. The number of nitrogens with zero attached hydrogens (tertiary/aromatic N) is 5. The number of para-hydroxylation sites is 4. The molecule has 7 aromatic carbocycles. The van der Waals surface area contributed by atoms with E-state index in [1.807, 2.05) is 0 Å². The molecular weight excluding hydrogens is 783 g/mol. The monoisotopic (exact) mass is 839 g/mol. The normalized spacial score (nSPS) is 13.7. The van der Waals surface area contributed by atoms with E-state index in [0.717, 1.165) is 72.8 Å². The van der Waals surface area contributed by atoms with Gasteiger partial charge in [0.15, 0.2) is 0 Å². The van der Waals surface area contributed by atoms with Crippen molar-refractivity contribution in [3.63, 3.8) is 0 Å². The minimum atomic E-state index is -0.137. The first kappa shape index (κ1) is 41.0. The third kappa shape index (κ3) is 7.51. The number of ether oxygens (including phenoxy) is 1. The van der Waals surface area contributed by atoms with Crippen LogP contribution in [0.1, 0.15) is 73.4 Å². The number of aromatic nitrogens is 3. The maximum Gasteiger partial charge on any atom is 0.220 e. The molecule has 64 heavy (non-hydrogen) atoms. The van der Waals surface area contributed by atoms with Crippen LogP contribution in [0.4, 0.5) is 11.4 Å². The van der Waals surface area contributed by atoms with Crippen LogP contribution >= 0.6 is 0 Å². The number of allylic oxidation sites excluding steroid dienone is 1. The molecule has 6 heteroatoms. The Bertz CT molecular complexity index is 3190. The third-order valence-corrected chi connectivity index (χ3v) is 12.6. The standard InChI is InChI=1S/C58H57N5O/c1-56(2,3)41-32-42(57(4,5)6)34-44(33-41)60-37-54(58(7,8)9)61(38-60)45-30-40(39-20-12-10-13-21-39)31-47(35-45)64-46-28-29-49-48-24-16-18-26-51(48)63(53(49)36-46)55-59-50-25-17-19-27-52(50)62(55)43-22-14-11-15-23-43/h10-37H,38H2,1-9H3. The van der Waals surface area contributed by atoms with Gasteiger partial charge in [0.25, 0.3) is 0 Å². The summed E-state index contributed by atoms with van der Waals surface area (Å²) < 4.78 is 11.6. The molecule has 0 saturated heterocycles. The second-order valence-corrected chi connectivity index (χ2v) is 20.4. The number of fused-ring (bicyclic) bond motifs is 4. The number of imidazole rings is 1. The van der Waals surface area contributed by atoms with E-state index in [4.69, 9.17) is 9.72 Å². The zero-order valence-electron chi connectivity index (χ0n) is 38.5. The predicted molar refractivity (Wildman–Crippen MR) is 269 cm³/mol. The van der Waals surface area contributed by atoms with Crippen LogP contribution in [-0.2, 0) is 10.8 Å². The Hall–Kier alpha value is -7.05. The highest BCUT2D eigenvalue weighted by Gasteiger charge is 2.33. The van der Waals surface area contributed by atoms with Crippen LogP contribution in [0.15, 0.2) is 176 Å². The van der Waals surface area contributed by atoms with Crippen molar-refractivity contribution in [3.05, 3.63) is 187 Å². The van der Waals surface area contributed by atoms with Gasteiger partial charge in [0.1, 0.15) is 11.5 Å². The molecule has 0 fully saturated rings. The van der Waals surface area contributed by atoms with Gasteiger partial charge in [0.2, 0.25) is 5.95 Å². The van der Waals surface area contributed by atoms with Crippen LogP contribution in [0, 0.1) is 5.41 Å². The Kier molecular flexibility index (Phi) is 9.82. The van der Waals surface area contributed by atoms with Gasteiger partial charge in [-0.15, -0.1) is 0 Å². The zero-order chi connectivity index (χ0) is 44.5. The fourth-order valence-electron chi connectivity index (χ4n) is 9.06. The summed E-state index contributed by atoms with van der Waals surface area (Å²) in [6.45, 7) is 21.4.